The lowest BCUT2D eigenvalue weighted by molar-refractivity contribution is 0.0748. The molecule has 10 heteroatoms. The topological polar surface area (TPSA) is 74.9 Å². The van der Waals surface area contributed by atoms with Crippen molar-refractivity contribution < 1.29 is 9.18 Å². The maximum atomic E-state index is 13.3. The van der Waals surface area contributed by atoms with Gasteiger partial charge in [0.15, 0.2) is 5.65 Å². The Kier molecular flexibility index (Phi) is 5.72. The largest absolute Gasteiger partial charge is 0.368 e. The molecule has 1 fully saturated rings. The number of hydrogen-bond acceptors (Lipinski definition) is 5. The summed E-state index contributed by atoms with van der Waals surface area (Å²) in [5, 5.41) is 7.46. The van der Waals surface area contributed by atoms with E-state index in [1.807, 2.05) is 11.6 Å². The van der Waals surface area contributed by atoms with Gasteiger partial charge in [-0.25, -0.2) is 4.39 Å². The second-order valence-corrected chi connectivity index (χ2v) is 7.77. The zero-order valence-corrected chi connectivity index (χ0v) is 18.0. The molecule has 0 aliphatic carbocycles. The van der Waals surface area contributed by atoms with Crippen molar-refractivity contribution in [2.75, 3.05) is 37.6 Å². The molecular weight excluding hydrogens is 423 g/mol. The number of aromatic nitrogens is 3. The van der Waals surface area contributed by atoms with Gasteiger partial charge in [0, 0.05) is 64.1 Å². The number of aryl methyl sites for hydroxylation is 1. The SMILES string of the molecule is Cl.Cn1c2c(c(=O)n3ncc(C(=O)N4CCN(c5ccc(F)cc5)CC4)c13)CNCC2. The van der Waals surface area contributed by atoms with Crippen LogP contribution in [0.15, 0.2) is 35.3 Å². The summed E-state index contributed by atoms with van der Waals surface area (Å²) >= 11 is 0. The summed E-state index contributed by atoms with van der Waals surface area (Å²) in [4.78, 5) is 30.1. The summed E-state index contributed by atoms with van der Waals surface area (Å²) in [6.45, 7) is 3.76. The van der Waals surface area contributed by atoms with Gasteiger partial charge in [-0.1, -0.05) is 0 Å². The van der Waals surface area contributed by atoms with Crippen LogP contribution in [0.1, 0.15) is 21.6 Å². The molecule has 1 saturated heterocycles. The molecule has 5 rings (SSSR count). The fraction of sp³-hybridized carbons (Fsp3) is 0.381. The molecule has 0 bridgehead atoms. The lowest BCUT2D eigenvalue weighted by atomic mass is 10.1. The molecule has 1 N–H and O–H groups in total. The number of fused-ring (bicyclic) bond motifs is 2. The van der Waals surface area contributed by atoms with E-state index in [1.54, 1.807) is 17.0 Å². The molecule has 0 spiro atoms. The van der Waals surface area contributed by atoms with E-state index in [9.17, 15) is 14.0 Å². The number of benzene rings is 1. The van der Waals surface area contributed by atoms with Crippen LogP contribution in [0.5, 0.6) is 0 Å². The van der Waals surface area contributed by atoms with E-state index in [2.05, 4.69) is 15.3 Å². The van der Waals surface area contributed by atoms with Crippen molar-refractivity contribution in [2.45, 2.75) is 13.0 Å². The van der Waals surface area contributed by atoms with Gasteiger partial charge in [0.2, 0.25) is 0 Å². The van der Waals surface area contributed by atoms with Gasteiger partial charge in [0.25, 0.3) is 11.5 Å². The lowest BCUT2D eigenvalue weighted by Gasteiger charge is -2.36. The Morgan fingerprint density at radius 2 is 1.84 bits per heavy atom. The number of nitrogens with zero attached hydrogens (tertiary/aromatic N) is 5. The van der Waals surface area contributed by atoms with Gasteiger partial charge in [-0.2, -0.15) is 9.61 Å². The minimum absolute atomic E-state index is 0. The van der Waals surface area contributed by atoms with Gasteiger partial charge >= 0.3 is 0 Å². The highest BCUT2D eigenvalue weighted by Crippen LogP contribution is 2.20. The molecule has 0 atom stereocenters. The Morgan fingerprint density at radius 1 is 1.13 bits per heavy atom. The molecular formula is C21H24ClFN6O2. The van der Waals surface area contributed by atoms with Crippen LogP contribution in [-0.2, 0) is 20.0 Å². The quantitative estimate of drug-likeness (QED) is 0.640. The average Bonchev–Trinajstić information content (AvgIpc) is 3.23. The van der Waals surface area contributed by atoms with Gasteiger partial charge < -0.3 is 19.7 Å². The molecule has 0 saturated carbocycles. The van der Waals surface area contributed by atoms with Crippen LogP contribution in [0.3, 0.4) is 0 Å². The van der Waals surface area contributed by atoms with Crippen molar-refractivity contribution in [3.05, 3.63) is 63.5 Å². The molecule has 31 heavy (non-hydrogen) atoms. The second kappa shape index (κ2) is 8.32. The highest BCUT2D eigenvalue weighted by Gasteiger charge is 2.28. The molecule has 164 valence electrons. The van der Waals surface area contributed by atoms with Crippen molar-refractivity contribution in [1.29, 1.82) is 0 Å². The number of carbonyl (C=O) groups excluding carboxylic acids is 1. The van der Waals surface area contributed by atoms with Crippen LogP contribution in [0.4, 0.5) is 10.1 Å². The van der Waals surface area contributed by atoms with E-state index in [4.69, 9.17) is 0 Å². The first-order valence-electron chi connectivity index (χ1n) is 10.1. The van der Waals surface area contributed by atoms with Crippen molar-refractivity contribution in [3.63, 3.8) is 0 Å². The Bertz CT molecular complexity index is 1180. The molecule has 0 unspecified atom stereocenters. The van der Waals surface area contributed by atoms with Crippen molar-refractivity contribution in [3.8, 4) is 0 Å². The van der Waals surface area contributed by atoms with Crippen molar-refractivity contribution in [2.24, 2.45) is 7.05 Å². The molecule has 3 aromatic rings. The first-order valence-corrected chi connectivity index (χ1v) is 10.1. The third-order valence-corrected chi connectivity index (χ3v) is 6.09. The summed E-state index contributed by atoms with van der Waals surface area (Å²) in [7, 11) is 1.89. The Labute approximate surface area is 184 Å². The van der Waals surface area contributed by atoms with E-state index in [1.165, 1.54) is 22.8 Å². The van der Waals surface area contributed by atoms with Crippen LogP contribution in [0.25, 0.3) is 5.65 Å². The minimum atomic E-state index is -0.260. The molecule has 2 aromatic heterocycles. The van der Waals surface area contributed by atoms with Crippen LogP contribution >= 0.6 is 12.4 Å². The van der Waals surface area contributed by atoms with E-state index in [-0.39, 0.29) is 29.7 Å². The highest BCUT2D eigenvalue weighted by molar-refractivity contribution is 6.00. The zero-order chi connectivity index (χ0) is 20.8. The standard InChI is InChI=1S/C21H23FN6O2.ClH/c1-25-18-6-7-23-12-16(18)21(30)28-19(25)17(13-24-28)20(29)27-10-8-26(9-11-27)15-4-2-14(22)3-5-15;/h2-5,13,23H,6-12H2,1H3;1H. The smallest absolute Gasteiger partial charge is 0.279 e. The van der Waals surface area contributed by atoms with E-state index in [0.717, 1.165) is 24.3 Å². The number of halogens is 2. The van der Waals surface area contributed by atoms with Crippen molar-refractivity contribution >= 4 is 29.6 Å². The van der Waals surface area contributed by atoms with Crippen molar-refractivity contribution in [1.82, 2.24) is 24.4 Å². The van der Waals surface area contributed by atoms with Gasteiger partial charge in [-0.3, -0.25) is 9.59 Å². The molecule has 2 aliphatic heterocycles. The first kappa shape index (κ1) is 21.3. The summed E-state index contributed by atoms with van der Waals surface area (Å²) in [5.41, 5.74) is 3.46. The van der Waals surface area contributed by atoms with Gasteiger partial charge in [0.1, 0.15) is 11.4 Å². The van der Waals surface area contributed by atoms with E-state index < -0.39 is 0 Å². The van der Waals surface area contributed by atoms with E-state index in [0.29, 0.717) is 49.5 Å². The number of carbonyl (C=O) groups is 1. The molecule has 2 aliphatic rings. The maximum Gasteiger partial charge on any atom is 0.279 e. The Balaban J connectivity index is 0.00000231. The number of piperazine rings is 1. The third-order valence-electron chi connectivity index (χ3n) is 6.09. The molecule has 4 heterocycles. The number of amides is 1. The first-order chi connectivity index (χ1) is 14.5. The lowest BCUT2D eigenvalue weighted by Crippen LogP contribution is -2.49. The average molecular weight is 447 g/mol. The predicted octanol–water partition coefficient (Wildman–Crippen LogP) is 1.20. The number of nitrogens with one attached hydrogen (secondary N) is 1. The summed E-state index contributed by atoms with van der Waals surface area (Å²) in [5.74, 6) is -0.378. The highest BCUT2D eigenvalue weighted by atomic mass is 35.5. The number of hydrogen-bond donors (Lipinski definition) is 1. The molecule has 8 nitrogen and oxygen atoms in total. The summed E-state index contributed by atoms with van der Waals surface area (Å²) in [6, 6.07) is 6.41. The number of anilines is 1. The van der Waals surface area contributed by atoms with Gasteiger partial charge in [-0.05, 0) is 24.3 Å². The fourth-order valence-electron chi connectivity index (χ4n) is 4.45. The number of rotatable bonds is 2. The second-order valence-electron chi connectivity index (χ2n) is 7.77. The fourth-order valence-corrected chi connectivity index (χ4v) is 4.45. The Hall–Kier alpha value is -2.91. The van der Waals surface area contributed by atoms with Crippen LogP contribution in [-0.4, -0.2) is 57.7 Å². The Morgan fingerprint density at radius 3 is 2.55 bits per heavy atom. The molecule has 0 radical (unpaired) electrons. The van der Waals surface area contributed by atoms with Crippen LogP contribution in [0, 0.1) is 5.82 Å². The van der Waals surface area contributed by atoms with Gasteiger partial charge in [0.05, 0.1) is 11.8 Å². The zero-order valence-electron chi connectivity index (χ0n) is 17.2. The molecule has 1 aromatic carbocycles. The predicted molar refractivity (Wildman–Crippen MR) is 118 cm³/mol. The van der Waals surface area contributed by atoms with Crippen LogP contribution < -0.4 is 15.8 Å². The maximum absolute atomic E-state index is 13.3. The monoisotopic (exact) mass is 446 g/mol. The normalized spacial score (nSPS) is 16.2. The van der Waals surface area contributed by atoms with Gasteiger partial charge in [-0.15, -0.1) is 12.4 Å². The summed E-state index contributed by atoms with van der Waals surface area (Å²) < 4.78 is 16.4. The van der Waals surface area contributed by atoms with E-state index >= 15 is 0 Å². The third kappa shape index (κ3) is 3.57. The van der Waals surface area contributed by atoms with Crippen LogP contribution in [0.2, 0.25) is 0 Å². The minimum Gasteiger partial charge on any atom is -0.368 e. The summed E-state index contributed by atoms with van der Waals surface area (Å²) in [6.07, 6.45) is 2.25. The molecule has 1 amide bonds.